The maximum absolute atomic E-state index is 9.68. The average molecular weight is 414 g/mol. The summed E-state index contributed by atoms with van der Waals surface area (Å²) in [5.74, 6) is 0.644. The molecule has 0 aromatic carbocycles. The van der Waals surface area contributed by atoms with Crippen molar-refractivity contribution in [1.29, 1.82) is 0 Å². The molecule has 2 aromatic heterocycles. The Labute approximate surface area is 142 Å². The SMILES string of the molecule is CN(C)/C=N/c1ncnc2c1c(I)nn2C1CCC(O)CC1. The van der Waals surface area contributed by atoms with E-state index in [4.69, 9.17) is 0 Å². The van der Waals surface area contributed by atoms with Crippen molar-refractivity contribution in [2.24, 2.45) is 4.99 Å². The highest BCUT2D eigenvalue weighted by molar-refractivity contribution is 14.1. The summed E-state index contributed by atoms with van der Waals surface area (Å²) in [7, 11) is 3.84. The lowest BCUT2D eigenvalue weighted by Gasteiger charge is -2.25. The second-order valence-electron chi connectivity index (χ2n) is 5.80. The van der Waals surface area contributed by atoms with E-state index in [1.807, 2.05) is 23.7 Å². The molecule has 8 heteroatoms. The number of aliphatic hydroxyl groups excluding tert-OH is 1. The van der Waals surface area contributed by atoms with Crippen LogP contribution in [0, 0.1) is 3.70 Å². The fourth-order valence-electron chi connectivity index (χ4n) is 2.74. The van der Waals surface area contributed by atoms with Gasteiger partial charge >= 0.3 is 0 Å². The third-order valence-corrected chi connectivity index (χ3v) is 4.60. The molecule has 22 heavy (non-hydrogen) atoms. The minimum Gasteiger partial charge on any atom is -0.393 e. The Morgan fingerprint density at radius 1 is 1.32 bits per heavy atom. The Balaban J connectivity index is 2.01. The summed E-state index contributed by atoms with van der Waals surface area (Å²) in [5, 5.41) is 15.2. The van der Waals surface area contributed by atoms with Crippen molar-refractivity contribution in [3.8, 4) is 0 Å². The van der Waals surface area contributed by atoms with Gasteiger partial charge in [0.2, 0.25) is 0 Å². The molecule has 2 heterocycles. The van der Waals surface area contributed by atoms with Gasteiger partial charge in [-0.2, -0.15) is 5.10 Å². The topological polar surface area (TPSA) is 79.4 Å². The molecule has 1 aliphatic carbocycles. The maximum Gasteiger partial charge on any atom is 0.169 e. The summed E-state index contributed by atoms with van der Waals surface area (Å²) in [5.41, 5.74) is 0.826. The van der Waals surface area contributed by atoms with Crippen molar-refractivity contribution in [1.82, 2.24) is 24.6 Å². The minimum atomic E-state index is -0.174. The van der Waals surface area contributed by atoms with E-state index < -0.39 is 0 Å². The molecular formula is C14H19IN6O. The summed E-state index contributed by atoms with van der Waals surface area (Å²) in [6, 6.07) is 0.287. The smallest absolute Gasteiger partial charge is 0.169 e. The van der Waals surface area contributed by atoms with E-state index >= 15 is 0 Å². The molecule has 0 bridgehead atoms. The first kappa shape index (κ1) is 15.6. The molecule has 0 atom stereocenters. The Bertz CT molecular complexity index is 690. The molecule has 2 aromatic rings. The van der Waals surface area contributed by atoms with Gasteiger partial charge in [-0.3, -0.25) is 0 Å². The molecule has 3 rings (SSSR count). The number of hydrogen-bond acceptors (Lipinski definition) is 5. The molecule has 1 aliphatic rings. The zero-order valence-electron chi connectivity index (χ0n) is 12.6. The predicted octanol–water partition coefficient (Wildman–Crippen LogP) is 2.13. The normalized spacial score (nSPS) is 22.5. The zero-order chi connectivity index (χ0) is 15.7. The molecule has 7 nitrogen and oxygen atoms in total. The van der Waals surface area contributed by atoms with Gasteiger partial charge in [0.05, 0.1) is 23.9 Å². The highest BCUT2D eigenvalue weighted by atomic mass is 127. The fraction of sp³-hybridized carbons (Fsp3) is 0.571. The summed E-state index contributed by atoms with van der Waals surface area (Å²) in [6.45, 7) is 0. The fourth-order valence-corrected chi connectivity index (χ4v) is 3.46. The van der Waals surface area contributed by atoms with Crippen molar-refractivity contribution < 1.29 is 5.11 Å². The second-order valence-corrected chi connectivity index (χ2v) is 6.82. The summed E-state index contributed by atoms with van der Waals surface area (Å²) >= 11 is 2.21. The van der Waals surface area contributed by atoms with Crippen LogP contribution in [0.5, 0.6) is 0 Å². The van der Waals surface area contributed by atoms with Gasteiger partial charge in [-0.05, 0) is 48.3 Å². The quantitative estimate of drug-likeness (QED) is 0.473. The number of rotatable bonds is 3. The van der Waals surface area contributed by atoms with Gasteiger partial charge in [0.25, 0.3) is 0 Å². The van der Waals surface area contributed by atoms with Gasteiger partial charge in [0.1, 0.15) is 10.0 Å². The third kappa shape index (κ3) is 3.07. The highest BCUT2D eigenvalue weighted by Crippen LogP contribution is 2.33. The van der Waals surface area contributed by atoms with Gasteiger partial charge in [0, 0.05) is 14.1 Å². The molecule has 1 N–H and O–H groups in total. The molecule has 118 valence electrons. The van der Waals surface area contributed by atoms with Crippen LogP contribution in [0.2, 0.25) is 0 Å². The predicted molar refractivity (Wildman–Crippen MR) is 93.4 cm³/mol. The van der Waals surface area contributed by atoms with Crippen molar-refractivity contribution in [3.63, 3.8) is 0 Å². The summed E-state index contributed by atoms with van der Waals surface area (Å²) in [6.07, 6.45) is 6.58. The number of fused-ring (bicyclic) bond motifs is 1. The summed E-state index contributed by atoms with van der Waals surface area (Å²) in [4.78, 5) is 15.0. The Morgan fingerprint density at radius 3 is 2.73 bits per heavy atom. The largest absolute Gasteiger partial charge is 0.393 e. The van der Waals surface area contributed by atoms with E-state index in [2.05, 4.69) is 42.6 Å². The molecule has 0 amide bonds. The lowest BCUT2D eigenvalue weighted by atomic mass is 9.93. The van der Waals surface area contributed by atoms with E-state index in [-0.39, 0.29) is 12.1 Å². The monoisotopic (exact) mass is 414 g/mol. The molecule has 0 saturated heterocycles. The van der Waals surface area contributed by atoms with Crippen LogP contribution in [0.15, 0.2) is 11.3 Å². The number of nitrogens with zero attached hydrogens (tertiary/aromatic N) is 6. The Kier molecular flexibility index (Phi) is 4.57. The van der Waals surface area contributed by atoms with Crippen LogP contribution in [-0.2, 0) is 0 Å². The Morgan fingerprint density at radius 2 is 2.05 bits per heavy atom. The van der Waals surface area contributed by atoms with E-state index in [1.165, 1.54) is 6.33 Å². The lowest BCUT2D eigenvalue weighted by molar-refractivity contribution is 0.108. The molecule has 0 radical (unpaired) electrons. The average Bonchev–Trinajstić information content (AvgIpc) is 2.84. The van der Waals surface area contributed by atoms with Gasteiger partial charge in [-0.1, -0.05) is 0 Å². The van der Waals surface area contributed by atoms with E-state index in [0.717, 1.165) is 40.4 Å². The first-order chi connectivity index (χ1) is 10.6. The van der Waals surface area contributed by atoms with Crippen LogP contribution in [-0.4, -0.2) is 56.3 Å². The van der Waals surface area contributed by atoms with Crippen LogP contribution < -0.4 is 0 Å². The first-order valence-corrected chi connectivity index (χ1v) is 8.41. The first-order valence-electron chi connectivity index (χ1n) is 7.33. The van der Waals surface area contributed by atoms with Gasteiger partial charge in [0.15, 0.2) is 11.5 Å². The molecule has 1 saturated carbocycles. The van der Waals surface area contributed by atoms with Crippen LogP contribution in [0.3, 0.4) is 0 Å². The number of aromatic nitrogens is 4. The maximum atomic E-state index is 9.68. The van der Waals surface area contributed by atoms with Crippen molar-refractivity contribution in [3.05, 3.63) is 10.0 Å². The molecule has 0 unspecified atom stereocenters. The zero-order valence-corrected chi connectivity index (χ0v) is 14.8. The van der Waals surface area contributed by atoms with Crippen molar-refractivity contribution in [2.45, 2.75) is 37.8 Å². The molecular weight excluding hydrogens is 395 g/mol. The van der Waals surface area contributed by atoms with Gasteiger partial charge in [-0.25, -0.2) is 19.6 Å². The van der Waals surface area contributed by atoms with Crippen LogP contribution in [0.1, 0.15) is 31.7 Å². The van der Waals surface area contributed by atoms with Crippen LogP contribution >= 0.6 is 22.6 Å². The number of aliphatic imine (C=N–C) groups is 1. The van der Waals surface area contributed by atoms with Crippen LogP contribution in [0.25, 0.3) is 11.0 Å². The summed E-state index contributed by atoms with van der Waals surface area (Å²) < 4.78 is 2.85. The van der Waals surface area contributed by atoms with Crippen molar-refractivity contribution >= 4 is 45.8 Å². The van der Waals surface area contributed by atoms with E-state index in [1.54, 1.807) is 6.34 Å². The number of halogens is 1. The number of hydrogen-bond donors (Lipinski definition) is 1. The van der Waals surface area contributed by atoms with Crippen molar-refractivity contribution in [2.75, 3.05) is 14.1 Å². The molecule has 0 spiro atoms. The third-order valence-electron chi connectivity index (χ3n) is 3.85. The Hall–Kier alpha value is -1.29. The second kappa shape index (κ2) is 6.45. The highest BCUT2D eigenvalue weighted by Gasteiger charge is 2.25. The van der Waals surface area contributed by atoms with E-state index in [0.29, 0.717) is 5.82 Å². The minimum absolute atomic E-state index is 0.174. The molecule has 1 fully saturated rings. The number of aliphatic hydroxyl groups is 1. The standard InChI is InChI=1S/C14H19IN6O/c1-20(2)8-18-13-11-12(15)19-21(14(11)17-7-16-13)9-3-5-10(22)6-4-9/h7-10,22H,3-6H2,1-2H3/b18-8+. The molecule has 0 aliphatic heterocycles. The van der Waals surface area contributed by atoms with Crippen LogP contribution in [0.4, 0.5) is 5.82 Å². The lowest BCUT2D eigenvalue weighted by Crippen LogP contribution is -2.22. The van der Waals surface area contributed by atoms with Gasteiger partial charge < -0.3 is 10.0 Å². The van der Waals surface area contributed by atoms with Gasteiger partial charge in [-0.15, -0.1) is 0 Å². The van der Waals surface area contributed by atoms with E-state index in [9.17, 15) is 5.11 Å².